The molecule has 6 heteroatoms. The van der Waals surface area contributed by atoms with Crippen LogP contribution in [0.15, 0.2) is 72.8 Å². The van der Waals surface area contributed by atoms with E-state index in [1.807, 2.05) is 42.5 Å². The van der Waals surface area contributed by atoms with E-state index in [1.165, 1.54) is 23.5 Å². The summed E-state index contributed by atoms with van der Waals surface area (Å²) >= 11 is 7.52. The summed E-state index contributed by atoms with van der Waals surface area (Å²) in [4.78, 5) is 19.4. The van der Waals surface area contributed by atoms with Crippen molar-refractivity contribution in [2.45, 2.75) is 13.0 Å². The Morgan fingerprint density at radius 2 is 1.75 bits per heavy atom. The fourth-order valence-corrected chi connectivity index (χ4v) is 4.16. The smallest absolute Gasteiger partial charge is 0.233 e. The van der Waals surface area contributed by atoms with E-state index < -0.39 is 0 Å². The largest absolute Gasteiger partial charge is 0.283 e. The number of amides is 1. The highest BCUT2D eigenvalue weighted by Gasteiger charge is 2.20. The first-order valence-corrected chi connectivity index (χ1v) is 9.93. The minimum absolute atomic E-state index is 0.0967. The number of carbonyl (C=O) groups excluding carboxylic acids is 1. The Morgan fingerprint density at radius 3 is 2.50 bits per heavy atom. The van der Waals surface area contributed by atoms with Gasteiger partial charge >= 0.3 is 0 Å². The molecule has 0 atom stereocenters. The number of hydrogen-bond donors (Lipinski definition) is 0. The highest BCUT2D eigenvalue weighted by molar-refractivity contribution is 7.22. The minimum Gasteiger partial charge on any atom is -0.283 e. The van der Waals surface area contributed by atoms with Gasteiger partial charge in [-0.15, -0.1) is 0 Å². The third-order valence-corrected chi connectivity index (χ3v) is 5.60. The molecule has 0 aliphatic rings. The molecule has 1 amide bonds. The van der Waals surface area contributed by atoms with Crippen molar-refractivity contribution in [2.24, 2.45) is 0 Å². The Balaban J connectivity index is 1.67. The van der Waals surface area contributed by atoms with Crippen LogP contribution in [0.25, 0.3) is 10.2 Å². The molecule has 3 aromatic carbocycles. The summed E-state index contributed by atoms with van der Waals surface area (Å²) in [5, 5.41) is 1.25. The van der Waals surface area contributed by atoms with Crippen LogP contribution in [0.2, 0.25) is 5.02 Å². The van der Waals surface area contributed by atoms with Crippen LogP contribution in [0.3, 0.4) is 0 Å². The number of halogens is 2. The molecule has 4 aromatic rings. The number of carbonyl (C=O) groups is 1. The number of aromatic nitrogens is 1. The van der Waals surface area contributed by atoms with Crippen molar-refractivity contribution in [3.63, 3.8) is 0 Å². The van der Waals surface area contributed by atoms with Gasteiger partial charge in [0, 0.05) is 5.02 Å². The van der Waals surface area contributed by atoms with E-state index in [1.54, 1.807) is 23.1 Å². The van der Waals surface area contributed by atoms with Crippen molar-refractivity contribution in [2.75, 3.05) is 4.90 Å². The lowest BCUT2D eigenvalue weighted by Crippen LogP contribution is -2.31. The normalized spacial score (nSPS) is 10.9. The number of nitrogens with zero attached hydrogens (tertiary/aromatic N) is 2. The number of thiazole rings is 1. The van der Waals surface area contributed by atoms with E-state index in [2.05, 4.69) is 4.98 Å². The van der Waals surface area contributed by atoms with Crippen LogP contribution < -0.4 is 4.90 Å². The molecule has 0 spiro atoms. The standard InChI is InChI=1S/C22H16ClFN2OS/c23-17-8-11-19-20(13-17)28-22(25-19)26(14-16-4-2-1-3-5-16)21(27)12-15-6-9-18(24)10-7-15/h1-11,13H,12,14H2. The maximum absolute atomic E-state index is 13.2. The Bertz CT molecular complexity index is 1110. The lowest BCUT2D eigenvalue weighted by Gasteiger charge is -2.20. The lowest BCUT2D eigenvalue weighted by atomic mass is 10.1. The van der Waals surface area contributed by atoms with Crippen molar-refractivity contribution in [1.82, 2.24) is 4.98 Å². The third kappa shape index (κ3) is 4.21. The third-order valence-electron chi connectivity index (χ3n) is 4.32. The van der Waals surface area contributed by atoms with Crippen molar-refractivity contribution in [3.05, 3.63) is 94.8 Å². The second-order valence-corrected chi connectivity index (χ2v) is 7.82. The van der Waals surface area contributed by atoms with Gasteiger partial charge in [-0.2, -0.15) is 0 Å². The SMILES string of the molecule is O=C(Cc1ccc(F)cc1)N(Cc1ccccc1)c1nc2ccc(Cl)cc2s1. The van der Waals surface area contributed by atoms with Gasteiger partial charge in [-0.1, -0.05) is 65.4 Å². The molecule has 0 aliphatic carbocycles. The summed E-state index contributed by atoms with van der Waals surface area (Å²) in [6.07, 6.45) is 0.170. The Kier molecular flexibility index (Phi) is 5.37. The van der Waals surface area contributed by atoms with Crippen LogP contribution in [0.5, 0.6) is 0 Å². The second-order valence-electron chi connectivity index (χ2n) is 6.38. The molecule has 0 N–H and O–H groups in total. The zero-order valence-corrected chi connectivity index (χ0v) is 16.4. The molecule has 0 saturated heterocycles. The van der Waals surface area contributed by atoms with Gasteiger partial charge in [0.2, 0.25) is 5.91 Å². The summed E-state index contributed by atoms with van der Waals surface area (Å²) in [5.74, 6) is -0.416. The number of rotatable bonds is 5. The second kappa shape index (κ2) is 8.09. The molecule has 0 aliphatic heterocycles. The zero-order chi connectivity index (χ0) is 19.5. The average Bonchev–Trinajstić information content (AvgIpc) is 3.11. The highest BCUT2D eigenvalue weighted by atomic mass is 35.5. The number of hydrogen-bond acceptors (Lipinski definition) is 3. The van der Waals surface area contributed by atoms with Gasteiger partial charge in [-0.3, -0.25) is 9.69 Å². The first-order chi connectivity index (χ1) is 13.6. The molecule has 0 unspecified atom stereocenters. The molecule has 0 saturated carbocycles. The van der Waals surface area contributed by atoms with E-state index in [0.717, 1.165) is 21.3 Å². The summed E-state index contributed by atoms with van der Waals surface area (Å²) < 4.78 is 14.1. The van der Waals surface area contributed by atoms with E-state index in [4.69, 9.17) is 11.6 Å². The van der Waals surface area contributed by atoms with Crippen molar-refractivity contribution < 1.29 is 9.18 Å². The van der Waals surface area contributed by atoms with E-state index in [-0.39, 0.29) is 18.1 Å². The number of fused-ring (bicyclic) bond motifs is 1. The van der Waals surface area contributed by atoms with Gasteiger partial charge in [0.15, 0.2) is 5.13 Å². The Labute approximate surface area is 171 Å². The van der Waals surface area contributed by atoms with Crippen molar-refractivity contribution in [3.8, 4) is 0 Å². The van der Waals surface area contributed by atoms with Crippen LogP contribution in [0, 0.1) is 5.82 Å². The van der Waals surface area contributed by atoms with Crippen LogP contribution in [-0.2, 0) is 17.8 Å². The van der Waals surface area contributed by atoms with Gasteiger partial charge < -0.3 is 0 Å². The lowest BCUT2D eigenvalue weighted by molar-refractivity contribution is -0.118. The Hall–Kier alpha value is -2.76. The summed E-state index contributed by atoms with van der Waals surface area (Å²) in [5.41, 5.74) is 2.57. The van der Waals surface area contributed by atoms with Crippen LogP contribution >= 0.6 is 22.9 Å². The van der Waals surface area contributed by atoms with Crippen LogP contribution in [-0.4, -0.2) is 10.9 Å². The van der Waals surface area contributed by atoms with Gasteiger partial charge in [0.05, 0.1) is 23.2 Å². The number of anilines is 1. The molecular weight excluding hydrogens is 395 g/mol. The highest BCUT2D eigenvalue weighted by Crippen LogP contribution is 2.32. The fraction of sp³-hybridized carbons (Fsp3) is 0.0909. The van der Waals surface area contributed by atoms with Crippen LogP contribution in [0.1, 0.15) is 11.1 Å². The molecule has 3 nitrogen and oxygen atoms in total. The predicted molar refractivity (Wildman–Crippen MR) is 112 cm³/mol. The van der Waals surface area contributed by atoms with E-state index in [0.29, 0.717) is 16.7 Å². The summed E-state index contributed by atoms with van der Waals surface area (Å²) in [6.45, 7) is 0.411. The summed E-state index contributed by atoms with van der Waals surface area (Å²) in [7, 11) is 0. The van der Waals surface area contributed by atoms with Gasteiger partial charge in [-0.05, 0) is 41.5 Å². The average molecular weight is 411 g/mol. The molecule has 1 heterocycles. The predicted octanol–water partition coefficient (Wildman–Crippen LogP) is 5.86. The maximum atomic E-state index is 13.2. The molecular formula is C22H16ClFN2OS. The minimum atomic E-state index is -0.319. The van der Waals surface area contributed by atoms with Gasteiger partial charge in [-0.25, -0.2) is 9.37 Å². The Morgan fingerprint density at radius 1 is 1.00 bits per heavy atom. The monoisotopic (exact) mass is 410 g/mol. The molecule has 1 aromatic heterocycles. The number of benzene rings is 3. The summed E-state index contributed by atoms with van der Waals surface area (Å²) in [6, 6.07) is 21.2. The van der Waals surface area contributed by atoms with E-state index in [9.17, 15) is 9.18 Å². The van der Waals surface area contributed by atoms with Crippen LogP contribution in [0.4, 0.5) is 9.52 Å². The van der Waals surface area contributed by atoms with Gasteiger partial charge in [0.25, 0.3) is 0 Å². The molecule has 0 bridgehead atoms. The van der Waals surface area contributed by atoms with Crippen molar-refractivity contribution >= 4 is 44.2 Å². The maximum Gasteiger partial charge on any atom is 0.233 e. The quantitative estimate of drug-likeness (QED) is 0.412. The van der Waals surface area contributed by atoms with Crippen molar-refractivity contribution in [1.29, 1.82) is 0 Å². The first-order valence-electron chi connectivity index (χ1n) is 8.73. The zero-order valence-electron chi connectivity index (χ0n) is 14.8. The molecule has 0 fully saturated rings. The molecule has 140 valence electrons. The van der Waals surface area contributed by atoms with E-state index >= 15 is 0 Å². The molecule has 0 radical (unpaired) electrons. The first kappa shape index (κ1) is 18.6. The molecule has 28 heavy (non-hydrogen) atoms. The fourth-order valence-electron chi connectivity index (χ4n) is 2.90. The topological polar surface area (TPSA) is 33.2 Å². The molecule has 4 rings (SSSR count). The van der Waals surface area contributed by atoms with Gasteiger partial charge in [0.1, 0.15) is 5.82 Å².